The van der Waals surface area contributed by atoms with Gasteiger partial charge in [0.15, 0.2) is 0 Å². The van der Waals surface area contributed by atoms with Crippen LogP contribution in [0, 0.1) is 4.91 Å². The van der Waals surface area contributed by atoms with E-state index in [0.717, 1.165) is 0 Å². The highest BCUT2D eigenvalue weighted by Crippen LogP contribution is 2.23. The zero-order valence-corrected chi connectivity index (χ0v) is 8.40. The van der Waals surface area contributed by atoms with Gasteiger partial charge in [0.05, 0.1) is 20.0 Å². The molecule has 0 heterocycles. The molecule has 0 spiro atoms. The summed E-state index contributed by atoms with van der Waals surface area (Å²) in [7, 11) is 5.45. The third kappa shape index (κ3) is 2.43. The molecule has 0 saturated heterocycles. The fraction of sp³-hybridized carbons (Fsp3) is 0.300. The first-order valence-corrected chi connectivity index (χ1v) is 4.57. The number of nitrogens with zero attached hydrogens (tertiary/aromatic N) is 1. The topological polar surface area (TPSA) is 55.7 Å². The maximum atomic E-state index is 11.5. The van der Waals surface area contributed by atoms with Crippen molar-refractivity contribution < 1.29 is 9.53 Å². The Morgan fingerprint density at radius 1 is 1.53 bits per heavy atom. The number of hydrogen-bond donors (Lipinski definition) is 0. The van der Waals surface area contributed by atoms with E-state index in [1.807, 2.05) is 0 Å². The molecule has 1 aromatic carbocycles. The number of esters is 1. The lowest BCUT2D eigenvalue weighted by Crippen LogP contribution is -2.08. The Morgan fingerprint density at radius 2 is 2.27 bits per heavy atom. The van der Waals surface area contributed by atoms with E-state index in [9.17, 15) is 9.70 Å². The van der Waals surface area contributed by atoms with E-state index in [1.165, 1.54) is 6.07 Å². The maximum Gasteiger partial charge on any atom is 0.338 e. The van der Waals surface area contributed by atoms with Gasteiger partial charge in [-0.15, -0.1) is 4.91 Å². The van der Waals surface area contributed by atoms with Crippen molar-refractivity contribution in [3.8, 4) is 0 Å². The Morgan fingerprint density at radius 3 is 2.80 bits per heavy atom. The van der Waals surface area contributed by atoms with Gasteiger partial charge < -0.3 is 4.74 Å². The van der Waals surface area contributed by atoms with Crippen LogP contribution in [-0.4, -0.2) is 20.4 Å². The van der Waals surface area contributed by atoms with Gasteiger partial charge in [-0.1, -0.05) is 12.4 Å². The van der Waals surface area contributed by atoms with Crippen molar-refractivity contribution in [1.29, 1.82) is 0 Å². The van der Waals surface area contributed by atoms with Crippen LogP contribution in [0.5, 0.6) is 0 Å². The van der Waals surface area contributed by atoms with Crippen molar-refractivity contribution >= 4 is 19.5 Å². The molecule has 2 radical (unpaired) electrons. The van der Waals surface area contributed by atoms with Gasteiger partial charge in [0.1, 0.15) is 5.69 Å². The molecule has 0 aliphatic carbocycles. The third-order valence-corrected chi connectivity index (χ3v) is 1.95. The van der Waals surface area contributed by atoms with Gasteiger partial charge in [0.25, 0.3) is 0 Å². The van der Waals surface area contributed by atoms with Crippen LogP contribution in [0.3, 0.4) is 0 Å². The molecule has 0 N–H and O–H groups in total. The van der Waals surface area contributed by atoms with Gasteiger partial charge in [0.2, 0.25) is 0 Å². The summed E-state index contributed by atoms with van der Waals surface area (Å²) in [4.78, 5) is 21.9. The minimum Gasteiger partial charge on any atom is -0.462 e. The molecular formula is C10H10BNO3. The van der Waals surface area contributed by atoms with Gasteiger partial charge in [0, 0.05) is 0 Å². The number of benzene rings is 1. The summed E-state index contributed by atoms with van der Waals surface area (Å²) < 4.78 is 4.83. The van der Waals surface area contributed by atoms with E-state index in [-0.39, 0.29) is 18.6 Å². The molecular weight excluding hydrogens is 193 g/mol. The highest BCUT2D eigenvalue weighted by Gasteiger charge is 2.14. The second-order valence-electron chi connectivity index (χ2n) is 2.82. The van der Waals surface area contributed by atoms with Crippen LogP contribution in [0.25, 0.3) is 0 Å². The molecule has 0 bridgehead atoms. The molecule has 1 aromatic rings. The quantitative estimate of drug-likeness (QED) is 0.426. The van der Waals surface area contributed by atoms with Crippen molar-refractivity contribution in [2.45, 2.75) is 13.2 Å². The minimum absolute atomic E-state index is 0.0794. The van der Waals surface area contributed by atoms with Crippen molar-refractivity contribution in [3.05, 3.63) is 34.2 Å². The van der Waals surface area contributed by atoms with Crippen LogP contribution in [0.1, 0.15) is 22.8 Å². The molecule has 0 atom stereocenters. The third-order valence-electron chi connectivity index (χ3n) is 1.95. The smallest absolute Gasteiger partial charge is 0.338 e. The van der Waals surface area contributed by atoms with E-state index in [4.69, 9.17) is 12.6 Å². The lowest BCUT2D eigenvalue weighted by Gasteiger charge is -2.08. The minimum atomic E-state index is -0.483. The summed E-state index contributed by atoms with van der Waals surface area (Å²) in [6.07, 6.45) is 0.0794. The molecule has 1 rings (SSSR count). The molecule has 0 aliphatic heterocycles. The zero-order valence-electron chi connectivity index (χ0n) is 8.40. The molecule has 0 aliphatic rings. The maximum absolute atomic E-state index is 11.5. The van der Waals surface area contributed by atoms with Gasteiger partial charge in [-0.2, -0.15) is 0 Å². The van der Waals surface area contributed by atoms with Gasteiger partial charge in [-0.3, -0.25) is 0 Å². The molecule has 0 fully saturated rings. The SMILES string of the molecule is [B]Cc1c(N=O)cccc1C(=O)OCC. The second-order valence-corrected chi connectivity index (χ2v) is 2.82. The average Bonchev–Trinajstić information content (AvgIpc) is 2.28. The first-order chi connectivity index (χ1) is 7.24. The Labute approximate surface area is 89.0 Å². The summed E-state index contributed by atoms with van der Waals surface area (Å²) in [5.74, 6) is -0.483. The van der Waals surface area contributed by atoms with Gasteiger partial charge in [-0.05, 0) is 29.8 Å². The summed E-state index contributed by atoms with van der Waals surface area (Å²) in [6.45, 7) is 1.99. The summed E-state index contributed by atoms with van der Waals surface area (Å²) in [6, 6.07) is 4.65. The summed E-state index contributed by atoms with van der Waals surface area (Å²) >= 11 is 0. The normalized spacial score (nSPS) is 9.67. The largest absolute Gasteiger partial charge is 0.462 e. The monoisotopic (exact) mass is 203 g/mol. The Bertz CT molecular complexity index is 379. The lowest BCUT2D eigenvalue weighted by atomic mass is 9.91. The highest BCUT2D eigenvalue weighted by molar-refractivity contribution is 6.10. The zero-order chi connectivity index (χ0) is 11.3. The van der Waals surface area contributed by atoms with Crippen LogP contribution < -0.4 is 0 Å². The second kappa shape index (κ2) is 5.29. The Hall–Kier alpha value is -1.65. The lowest BCUT2D eigenvalue weighted by molar-refractivity contribution is 0.0525. The average molecular weight is 203 g/mol. The van der Waals surface area contributed by atoms with Crippen molar-refractivity contribution in [1.82, 2.24) is 0 Å². The highest BCUT2D eigenvalue weighted by atomic mass is 16.5. The molecule has 0 aromatic heterocycles. The van der Waals surface area contributed by atoms with Crippen LogP contribution in [0.15, 0.2) is 23.4 Å². The number of nitroso groups, excluding NO2 is 1. The fourth-order valence-corrected chi connectivity index (χ4v) is 1.27. The molecule has 76 valence electrons. The molecule has 0 unspecified atom stereocenters. The van der Waals surface area contributed by atoms with Crippen LogP contribution in [0.2, 0.25) is 0 Å². The molecule has 0 amide bonds. The number of rotatable bonds is 4. The summed E-state index contributed by atoms with van der Waals surface area (Å²) in [5.41, 5.74) is 0.908. The van der Waals surface area contributed by atoms with E-state index in [1.54, 1.807) is 19.1 Å². The number of carbonyl (C=O) groups excluding carboxylic acids is 1. The van der Waals surface area contributed by atoms with E-state index < -0.39 is 5.97 Å². The number of ether oxygens (including phenoxy) is 1. The molecule has 0 saturated carbocycles. The Kier molecular flexibility index (Phi) is 4.03. The summed E-state index contributed by atoms with van der Waals surface area (Å²) in [5, 5.41) is 2.81. The van der Waals surface area contributed by atoms with Crippen LogP contribution in [0.4, 0.5) is 5.69 Å². The van der Waals surface area contributed by atoms with Crippen molar-refractivity contribution in [2.24, 2.45) is 5.18 Å². The predicted octanol–water partition coefficient (Wildman–Crippen LogP) is 1.93. The predicted molar refractivity (Wildman–Crippen MR) is 57.3 cm³/mol. The van der Waals surface area contributed by atoms with Crippen molar-refractivity contribution in [3.63, 3.8) is 0 Å². The standard InChI is InChI=1S/C10H10BNO3/c1-2-15-10(13)7-4-3-5-9(12-14)8(7)6-11/h3-5H,2,6H2,1H3. The Balaban J connectivity index is 3.16. The van der Waals surface area contributed by atoms with Gasteiger partial charge >= 0.3 is 5.97 Å². The van der Waals surface area contributed by atoms with Gasteiger partial charge in [-0.25, -0.2) is 4.79 Å². The molecule has 4 nitrogen and oxygen atoms in total. The van der Waals surface area contributed by atoms with Crippen LogP contribution >= 0.6 is 0 Å². The first-order valence-electron chi connectivity index (χ1n) is 4.57. The number of carbonyl (C=O) groups is 1. The molecule has 5 heteroatoms. The van der Waals surface area contributed by atoms with E-state index in [0.29, 0.717) is 11.1 Å². The fourth-order valence-electron chi connectivity index (χ4n) is 1.27. The number of hydrogen-bond acceptors (Lipinski definition) is 4. The van der Waals surface area contributed by atoms with E-state index in [2.05, 4.69) is 5.18 Å². The van der Waals surface area contributed by atoms with Crippen molar-refractivity contribution in [2.75, 3.05) is 6.61 Å². The van der Waals surface area contributed by atoms with E-state index >= 15 is 0 Å². The first kappa shape index (κ1) is 11.4. The molecule has 15 heavy (non-hydrogen) atoms. The van der Waals surface area contributed by atoms with Crippen LogP contribution in [-0.2, 0) is 11.1 Å².